The largest absolute Gasteiger partial charge is 0.396 e. The standard InChI is InChI=1S/C15H24N2O2/c1-12(2)17(9-4-10-18)15(19)14-6-3-5-13(11-14)7-8-16/h3,5-6,11-12,18H,4,7-10,16H2,1-2H3. The number of aliphatic hydroxyl groups excluding tert-OH is 1. The van der Waals surface area contributed by atoms with E-state index >= 15 is 0 Å². The van der Waals surface area contributed by atoms with Crippen molar-refractivity contribution in [3.8, 4) is 0 Å². The van der Waals surface area contributed by atoms with E-state index in [0.29, 0.717) is 25.1 Å². The zero-order valence-electron chi connectivity index (χ0n) is 11.8. The summed E-state index contributed by atoms with van der Waals surface area (Å²) in [5.74, 6) is 0.0160. The Hall–Kier alpha value is -1.39. The van der Waals surface area contributed by atoms with Crippen molar-refractivity contribution in [3.63, 3.8) is 0 Å². The molecule has 4 heteroatoms. The summed E-state index contributed by atoms with van der Waals surface area (Å²) in [6.07, 6.45) is 1.38. The van der Waals surface area contributed by atoms with Gasteiger partial charge in [0.05, 0.1) is 0 Å². The molecule has 0 saturated carbocycles. The second kappa shape index (κ2) is 7.92. The number of aliphatic hydroxyl groups is 1. The molecule has 1 rings (SSSR count). The van der Waals surface area contributed by atoms with E-state index in [4.69, 9.17) is 10.8 Å². The Kier molecular flexibility index (Phi) is 6.53. The van der Waals surface area contributed by atoms with Crippen LogP contribution in [0.1, 0.15) is 36.2 Å². The van der Waals surface area contributed by atoms with Gasteiger partial charge in [-0.05, 0) is 50.9 Å². The SMILES string of the molecule is CC(C)N(CCCO)C(=O)c1cccc(CCN)c1. The van der Waals surface area contributed by atoms with E-state index in [9.17, 15) is 4.79 Å². The van der Waals surface area contributed by atoms with Gasteiger partial charge in [-0.3, -0.25) is 4.79 Å². The summed E-state index contributed by atoms with van der Waals surface area (Å²) in [4.78, 5) is 14.3. The van der Waals surface area contributed by atoms with E-state index in [1.54, 1.807) is 4.90 Å². The average Bonchev–Trinajstić information content (AvgIpc) is 2.39. The van der Waals surface area contributed by atoms with Gasteiger partial charge in [0.15, 0.2) is 0 Å². The number of carbonyl (C=O) groups is 1. The summed E-state index contributed by atoms with van der Waals surface area (Å²) < 4.78 is 0. The Morgan fingerprint density at radius 3 is 2.74 bits per heavy atom. The summed E-state index contributed by atoms with van der Waals surface area (Å²) in [5, 5.41) is 8.91. The van der Waals surface area contributed by atoms with Crippen LogP contribution in [0.2, 0.25) is 0 Å². The highest BCUT2D eigenvalue weighted by Crippen LogP contribution is 2.12. The van der Waals surface area contributed by atoms with Crippen LogP contribution in [-0.2, 0) is 6.42 Å². The van der Waals surface area contributed by atoms with Crippen molar-refractivity contribution in [3.05, 3.63) is 35.4 Å². The predicted octanol–water partition coefficient (Wildman–Crippen LogP) is 1.42. The molecule has 0 heterocycles. The number of hydrogen-bond acceptors (Lipinski definition) is 3. The van der Waals surface area contributed by atoms with Crippen LogP contribution in [0.15, 0.2) is 24.3 Å². The van der Waals surface area contributed by atoms with E-state index in [1.165, 1.54) is 0 Å². The third-order valence-corrected chi connectivity index (χ3v) is 3.05. The molecule has 0 spiro atoms. The highest BCUT2D eigenvalue weighted by atomic mass is 16.3. The minimum Gasteiger partial charge on any atom is -0.396 e. The fraction of sp³-hybridized carbons (Fsp3) is 0.533. The lowest BCUT2D eigenvalue weighted by Gasteiger charge is -2.26. The Morgan fingerprint density at radius 2 is 2.16 bits per heavy atom. The van der Waals surface area contributed by atoms with Gasteiger partial charge in [-0.2, -0.15) is 0 Å². The van der Waals surface area contributed by atoms with Gasteiger partial charge < -0.3 is 15.7 Å². The van der Waals surface area contributed by atoms with Crippen LogP contribution in [0.5, 0.6) is 0 Å². The highest BCUT2D eigenvalue weighted by Gasteiger charge is 2.18. The quantitative estimate of drug-likeness (QED) is 0.782. The molecular formula is C15H24N2O2. The van der Waals surface area contributed by atoms with E-state index in [0.717, 1.165) is 12.0 Å². The number of rotatable bonds is 7. The van der Waals surface area contributed by atoms with Gasteiger partial charge in [-0.1, -0.05) is 12.1 Å². The van der Waals surface area contributed by atoms with E-state index in [1.807, 2.05) is 38.1 Å². The Morgan fingerprint density at radius 1 is 1.42 bits per heavy atom. The van der Waals surface area contributed by atoms with Crippen molar-refractivity contribution in [2.24, 2.45) is 5.73 Å². The van der Waals surface area contributed by atoms with Gasteiger partial charge in [0.1, 0.15) is 0 Å². The lowest BCUT2D eigenvalue weighted by molar-refractivity contribution is 0.0693. The van der Waals surface area contributed by atoms with E-state index in [-0.39, 0.29) is 18.6 Å². The summed E-state index contributed by atoms with van der Waals surface area (Å²) in [6.45, 7) is 5.23. The molecule has 0 aliphatic heterocycles. The first-order chi connectivity index (χ1) is 9.10. The molecule has 106 valence electrons. The lowest BCUT2D eigenvalue weighted by atomic mass is 10.1. The molecule has 3 N–H and O–H groups in total. The summed E-state index contributed by atoms with van der Waals surface area (Å²) >= 11 is 0. The number of benzene rings is 1. The van der Waals surface area contributed by atoms with Crippen LogP contribution in [0.25, 0.3) is 0 Å². The number of nitrogens with two attached hydrogens (primary N) is 1. The molecule has 0 atom stereocenters. The molecule has 0 radical (unpaired) electrons. The number of nitrogens with zero attached hydrogens (tertiary/aromatic N) is 1. The second-order valence-electron chi connectivity index (χ2n) is 4.91. The Balaban J connectivity index is 2.86. The highest BCUT2D eigenvalue weighted by molar-refractivity contribution is 5.94. The summed E-state index contributed by atoms with van der Waals surface area (Å²) in [7, 11) is 0. The minimum absolute atomic E-state index is 0.0160. The molecule has 1 amide bonds. The van der Waals surface area contributed by atoms with Crippen LogP contribution in [0, 0.1) is 0 Å². The third-order valence-electron chi connectivity index (χ3n) is 3.05. The van der Waals surface area contributed by atoms with E-state index in [2.05, 4.69) is 0 Å². The number of carbonyl (C=O) groups excluding carboxylic acids is 1. The van der Waals surface area contributed by atoms with Crippen molar-refractivity contribution in [2.45, 2.75) is 32.7 Å². The third kappa shape index (κ3) is 4.65. The monoisotopic (exact) mass is 264 g/mol. The summed E-state index contributed by atoms with van der Waals surface area (Å²) in [5.41, 5.74) is 7.31. The topological polar surface area (TPSA) is 66.6 Å². The average molecular weight is 264 g/mol. The molecule has 0 bridgehead atoms. The molecule has 1 aromatic carbocycles. The van der Waals surface area contributed by atoms with Gasteiger partial charge in [0, 0.05) is 24.8 Å². The predicted molar refractivity (Wildman–Crippen MR) is 77.1 cm³/mol. The smallest absolute Gasteiger partial charge is 0.254 e. The maximum absolute atomic E-state index is 12.5. The number of hydrogen-bond donors (Lipinski definition) is 2. The van der Waals surface area contributed by atoms with Crippen molar-refractivity contribution < 1.29 is 9.90 Å². The van der Waals surface area contributed by atoms with Crippen molar-refractivity contribution in [1.82, 2.24) is 4.90 Å². The second-order valence-corrected chi connectivity index (χ2v) is 4.91. The van der Waals surface area contributed by atoms with Crippen LogP contribution >= 0.6 is 0 Å². The first-order valence-electron chi connectivity index (χ1n) is 6.81. The molecule has 0 aliphatic carbocycles. The Bertz CT molecular complexity index is 405. The van der Waals surface area contributed by atoms with Gasteiger partial charge in [-0.15, -0.1) is 0 Å². The van der Waals surface area contributed by atoms with Gasteiger partial charge in [0.25, 0.3) is 5.91 Å². The first-order valence-corrected chi connectivity index (χ1v) is 6.81. The molecule has 0 unspecified atom stereocenters. The molecule has 0 aliphatic rings. The van der Waals surface area contributed by atoms with Crippen LogP contribution in [-0.4, -0.2) is 41.7 Å². The van der Waals surface area contributed by atoms with Crippen molar-refractivity contribution in [2.75, 3.05) is 19.7 Å². The van der Waals surface area contributed by atoms with Gasteiger partial charge in [0.2, 0.25) is 0 Å². The van der Waals surface area contributed by atoms with E-state index < -0.39 is 0 Å². The fourth-order valence-electron chi connectivity index (χ4n) is 2.03. The maximum atomic E-state index is 12.5. The van der Waals surface area contributed by atoms with Crippen molar-refractivity contribution in [1.29, 1.82) is 0 Å². The molecule has 4 nitrogen and oxygen atoms in total. The lowest BCUT2D eigenvalue weighted by Crippen LogP contribution is -2.38. The molecule has 19 heavy (non-hydrogen) atoms. The molecule has 1 aromatic rings. The zero-order chi connectivity index (χ0) is 14.3. The normalized spacial score (nSPS) is 10.8. The first kappa shape index (κ1) is 15.7. The van der Waals surface area contributed by atoms with Crippen LogP contribution in [0.4, 0.5) is 0 Å². The molecular weight excluding hydrogens is 240 g/mol. The van der Waals surface area contributed by atoms with Crippen molar-refractivity contribution >= 4 is 5.91 Å². The number of amides is 1. The molecule has 0 aromatic heterocycles. The van der Waals surface area contributed by atoms with Crippen LogP contribution in [0.3, 0.4) is 0 Å². The fourth-order valence-corrected chi connectivity index (χ4v) is 2.03. The maximum Gasteiger partial charge on any atom is 0.254 e. The van der Waals surface area contributed by atoms with Crippen LogP contribution < -0.4 is 5.73 Å². The molecule has 0 fully saturated rings. The Labute approximate surface area is 115 Å². The summed E-state index contributed by atoms with van der Waals surface area (Å²) in [6, 6.07) is 7.73. The molecule has 0 saturated heterocycles. The minimum atomic E-state index is 0.0160. The van der Waals surface area contributed by atoms with Gasteiger partial charge >= 0.3 is 0 Å². The zero-order valence-corrected chi connectivity index (χ0v) is 11.8. The van der Waals surface area contributed by atoms with Gasteiger partial charge in [-0.25, -0.2) is 0 Å².